The summed E-state index contributed by atoms with van der Waals surface area (Å²) < 4.78 is 12.9. The largest absolute Gasteiger partial charge is 0.443 e. The molecule has 0 saturated carbocycles. The Bertz CT molecular complexity index is 1810. The van der Waals surface area contributed by atoms with Crippen molar-refractivity contribution in [3.05, 3.63) is 65.0 Å². The molecular formula is C35H41N7O4S. The Hall–Kier alpha value is -4.31. The second-order valence-electron chi connectivity index (χ2n) is 13.4. The molecule has 4 aromatic rings. The number of hydrogen-bond donors (Lipinski definition) is 1. The van der Waals surface area contributed by atoms with Crippen LogP contribution in [0.1, 0.15) is 61.7 Å². The van der Waals surface area contributed by atoms with Crippen molar-refractivity contribution in [3.63, 3.8) is 0 Å². The number of ether oxygens (including phenoxy) is 1. The molecule has 2 aliphatic heterocycles. The molecule has 1 aromatic carbocycles. The molecule has 3 aromatic heterocycles. The first-order valence-corrected chi connectivity index (χ1v) is 16.9. The monoisotopic (exact) mass is 655 g/mol. The molecule has 12 heteroatoms. The number of anilines is 1. The Morgan fingerprint density at radius 3 is 2.72 bits per heavy atom. The number of nitriles is 1. The third kappa shape index (κ3) is 7.32. The highest BCUT2D eigenvalue weighted by atomic mass is 32.1. The van der Waals surface area contributed by atoms with Crippen LogP contribution in [0.2, 0.25) is 0 Å². The van der Waals surface area contributed by atoms with Crippen molar-refractivity contribution in [2.24, 2.45) is 5.41 Å². The van der Waals surface area contributed by atoms with Crippen molar-refractivity contribution in [1.82, 2.24) is 24.3 Å². The van der Waals surface area contributed by atoms with Gasteiger partial charge in [-0.05, 0) is 67.5 Å². The molecule has 2 saturated heterocycles. The average molecular weight is 656 g/mol. The summed E-state index contributed by atoms with van der Waals surface area (Å²) in [6.07, 6.45) is 8.62. The molecule has 1 N–H and O–H groups in total. The number of benzene rings is 1. The molecule has 0 bridgehead atoms. The SMILES string of the molecule is COC[C@@H]1CCCN1Cc1ccc2c(c1)nc(NC(=O)c1ccc(-c3cnco3)s1)n2C[C@H]1CCCN1C(=O)/C(C#N)=C/C(C)(C)C. The molecule has 0 unspecified atom stereocenters. The molecule has 2 fully saturated rings. The van der Waals surface area contributed by atoms with Gasteiger partial charge in [0.1, 0.15) is 11.6 Å². The second-order valence-corrected chi connectivity index (χ2v) is 14.5. The van der Waals surface area contributed by atoms with Gasteiger partial charge < -0.3 is 18.6 Å². The molecular weight excluding hydrogens is 614 g/mol. The lowest BCUT2D eigenvalue weighted by Gasteiger charge is -2.26. The number of likely N-dealkylation sites (tertiary alicyclic amines) is 2. The van der Waals surface area contributed by atoms with Crippen molar-refractivity contribution in [3.8, 4) is 16.7 Å². The number of thiophene rings is 1. The summed E-state index contributed by atoms with van der Waals surface area (Å²) in [7, 11) is 1.75. The number of rotatable bonds is 10. The van der Waals surface area contributed by atoms with E-state index in [0.29, 0.717) is 42.3 Å². The van der Waals surface area contributed by atoms with Crippen LogP contribution >= 0.6 is 11.3 Å². The molecule has 47 heavy (non-hydrogen) atoms. The minimum absolute atomic E-state index is 0.159. The summed E-state index contributed by atoms with van der Waals surface area (Å²) in [6, 6.07) is 12.2. The smallest absolute Gasteiger partial charge is 0.268 e. The van der Waals surface area contributed by atoms with Gasteiger partial charge in [0, 0.05) is 32.8 Å². The van der Waals surface area contributed by atoms with Gasteiger partial charge in [0.05, 0.1) is 39.6 Å². The number of methoxy groups -OCH3 is 1. The topological polar surface area (TPSA) is 130 Å². The fourth-order valence-electron chi connectivity index (χ4n) is 6.60. The van der Waals surface area contributed by atoms with E-state index >= 15 is 0 Å². The van der Waals surface area contributed by atoms with Crippen molar-refractivity contribution in [1.29, 1.82) is 5.26 Å². The maximum atomic E-state index is 13.6. The van der Waals surface area contributed by atoms with Crippen LogP contribution in [-0.4, -0.2) is 75.0 Å². The van der Waals surface area contributed by atoms with Gasteiger partial charge in [-0.15, -0.1) is 11.3 Å². The predicted molar refractivity (Wildman–Crippen MR) is 181 cm³/mol. The van der Waals surface area contributed by atoms with Gasteiger partial charge in [0.25, 0.3) is 11.8 Å². The maximum absolute atomic E-state index is 13.6. The summed E-state index contributed by atoms with van der Waals surface area (Å²) in [5.74, 6) is 0.483. The number of amides is 2. The lowest BCUT2D eigenvalue weighted by atomic mass is 9.93. The van der Waals surface area contributed by atoms with Crippen LogP contribution in [0.25, 0.3) is 21.7 Å². The van der Waals surface area contributed by atoms with E-state index < -0.39 is 0 Å². The molecule has 0 spiro atoms. The summed E-state index contributed by atoms with van der Waals surface area (Å²) in [5, 5.41) is 12.9. The summed E-state index contributed by atoms with van der Waals surface area (Å²) in [4.78, 5) is 41.6. The van der Waals surface area contributed by atoms with Gasteiger partial charge in [0.2, 0.25) is 5.95 Å². The van der Waals surface area contributed by atoms with Crippen LogP contribution in [0.3, 0.4) is 0 Å². The van der Waals surface area contributed by atoms with Crippen LogP contribution in [0, 0.1) is 16.7 Å². The number of carbonyl (C=O) groups is 2. The number of aromatic nitrogens is 3. The van der Waals surface area contributed by atoms with E-state index in [1.807, 2.05) is 31.4 Å². The Morgan fingerprint density at radius 2 is 1.98 bits per heavy atom. The molecule has 11 nitrogen and oxygen atoms in total. The van der Waals surface area contributed by atoms with Crippen molar-refractivity contribution >= 4 is 40.1 Å². The van der Waals surface area contributed by atoms with Gasteiger partial charge >= 0.3 is 0 Å². The van der Waals surface area contributed by atoms with E-state index in [9.17, 15) is 14.9 Å². The summed E-state index contributed by atoms with van der Waals surface area (Å²) >= 11 is 1.31. The van der Waals surface area contributed by atoms with Gasteiger partial charge in [-0.1, -0.05) is 32.9 Å². The Morgan fingerprint density at radius 1 is 1.17 bits per heavy atom. The highest BCUT2D eigenvalue weighted by molar-refractivity contribution is 7.17. The van der Waals surface area contributed by atoms with Gasteiger partial charge in [0.15, 0.2) is 12.2 Å². The Labute approximate surface area is 278 Å². The molecule has 6 rings (SSSR count). The Balaban J connectivity index is 1.30. The standard InChI is InChI=1S/C35H41N7O4S/c1-35(2,3)16-24(17-36)33(44)41-14-6-7-25(41)20-42-28-10-9-23(19-40-13-5-8-26(40)21-45-4)15-27(28)38-34(42)39-32(43)31-12-11-30(47-31)29-18-37-22-46-29/h9-12,15-16,18,22,25-26H,5-8,13-14,19-21H2,1-4H3,(H,38,39,43)/b24-16+/t25-,26+/m1/s1. The van der Waals surface area contributed by atoms with E-state index in [-0.39, 0.29) is 28.8 Å². The van der Waals surface area contributed by atoms with E-state index in [0.717, 1.165) is 60.2 Å². The molecule has 5 heterocycles. The number of nitrogens with one attached hydrogen (secondary N) is 1. The minimum atomic E-state index is -0.306. The normalized spacial score (nSPS) is 19.0. The van der Waals surface area contributed by atoms with E-state index in [4.69, 9.17) is 14.1 Å². The zero-order chi connectivity index (χ0) is 33.1. The Kier molecular flexibility index (Phi) is 9.59. The zero-order valence-corrected chi connectivity index (χ0v) is 28.2. The first-order chi connectivity index (χ1) is 22.6. The average Bonchev–Trinajstić information content (AvgIpc) is 3.87. The molecule has 2 amide bonds. The van der Waals surface area contributed by atoms with Crippen molar-refractivity contribution in [2.75, 3.05) is 32.1 Å². The van der Waals surface area contributed by atoms with E-state index in [1.165, 1.54) is 17.7 Å². The molecule has 0 radical (unpaired) electrons. The summed E-state index contributed by atoms with van der Waals surface area (Å²) in [5.41, 5.74) is 2.64. The maximum Gasteiger partial charge on any atom is 0.268 e. The number of allylic oxidation sites excluding steroid dienone is 1. The molecule has 0 aliphatic carbocycles. The molecule has 246 valence electrons. The molecule has 2 aliphatic rings. The molecule has 2 atom stereocenters. The van der Waals surface area contributed by atoms with E-state index in [2.05, 4.69) is 39.5 Å². The summed E-state index contributed by atoms with van der Waals surface area (Å²) in [6.45, 7) is 9.46. The lowest BCUT2D eigenvalue weighted by Crippen LogP contribution is -2.39. The fourth-order valence-corrected chi connectivity index (χ4v) is 7.45. The minimum Gasteiger partial charge on any atom is -0.443 e. The van der Waals surface area contributed by atoms with Crippen LogP contribution in [-0.2, 0) is 22.6 Å². The van der Waals surface area contributed by atoms with Crippen molar-refractivity contribution in [2.45, 2.75) is 71.6 Å². The van der Waals surface area contributed by atoms with Crippen LogP contribution in [0.4, 0.5) is 5.95 Å². The van der Waals surface area contributed by atoms with Crippen LogP contribution < -0.4 is 5.32 Å². The number of oxazole rings is 1. The van der Waals surface area contributed by atoms with E-state index in [1.54, 1.807) is 30.3 Å². The van der Waals surface area contributed by atoms with Gasteiger partial charge in [-0.25, -0.2) is 9.97 Å². The second kappa shape index (κ2) is 13.8. The fraction of sp³-hybridized carbons (Fsp3) is 0.457. The lowest BCUT2D eigenvalue weighted by molar-refractivity contribution is -0.127. The first-order valence-electron chi connectivity index (χ1n) is 16.1. The third-order valence-corrected chi connectivity index (χ3v) is 9.84. The predicted octanol–water partition coefficient (Wildman–Crippen LogP) is 6.10. The number of nitrogens with zero attached hydrogens (tertiary/aromatic N) is 6. The van der Waals surface area contributed by atoms with Crippen LogP contribution in [0.15, 0.2) is 59.0 Å². The van der Waals surface area contributed by atoms with Crippen LogP contribution in [0.5, 0.6) is 0 Å². The number of imidazole rings is 1. The van der Waals surface area contributed by atoms with Crippen molar-refractivity contribution < 1.29 is 18.7 Å². The first kappa shape index (κ1) is 32.6. The zero-order valence-electron chi connectivity index (χ0n) is 27.4. The van der Waals surface area contributed by atoms with Gasteiger partial charge in [-0.3, -0.25) is 19.8 Å². The third-order valence-electron chi connectivity index (χ3n) is 8.75. The number of fused-ring (bicyclic) bond motifs is 1. The highest BCUT2D eigenvalue weighted by Gasteiger charge is 2.33. The quantitative estimate of drug-likeness (QED) is 0.160. The van der Waals surface area contributed by atoms with Gasteiger partial charge in [-0.2, -0.15) is 5.26 Å². The highest BCUT2D eigenvalue weighted by Crippen LogP contribution is 2.31. The number of hydrogen-bond acceptors (Lipinski definition) is 9. The number of carbonyl (C=O) groups excluding carboxylic acids is 2.